The molecule has 0 saturated heterocycles. The predicted molar refractivity (Wildman–Crippen MR) is 71.2 cm³/mol. The molecule has 3 heteroatoms. The normalized spacial score (nSPS) is 22.1. The number of nitrogens with one attached hydrogen (secondary N) is 1. The number of hydrogen-bond acceptors (Lipinski definition) is 2. The van der Waals surface area contributed by atoms with E-state index in [-0.39, 0.29) is 5.41 Å². The van der Waals surface area contributed by atoms with Crippen molar-refractivity contribution >= 4 is 17.3 Å². The summed E-state index contributed by atoms with van der Waals surface area (Å²) in [7, 11) is 0. The molecular formula is C14H17ClN2. The molecule has 1 saturated carbocycles. The molecule has 1 aromatic carbocycles. The molecule has 1 aliphatic carbocycles. The highest BCUT2D eigenvalue weighted by atomic mass is 35.5. The lowest BCUT2D eigenvalue weighted by molar-refractivity contribution is 0.350. The minimum atomic E-state index is 0.287. The number of nitriles is 1. The third-order valence-corrected chi connectivity index (χ3v) is 3.92. The monoisotopic (exact) mass is 248 g/mol. The first-order valence-electron chi connectivity index (χ1n) is 5.99. The van der Waals surface area contributed by atoms with Gasteiger partial charge >= 0.3 is 0 Å². The molecule has 0 heterocycles. The topological polar surface area (TPSA) is 35.8 Å². The smallest absolute Gasteiger partial charge is 0.101 e. The molecule has 1 unspecified atom stereocenters. The van der Waals surface area contributed by atoms with Gasteiger partial charge in [0.15, 0.2) is 0 Å². The van der Waals surface area contributed by atoms with Crippen LogP contribution >= 0.6 is 11.6 Å². The summed E-state index contributed by atoms with van der Waals surface area (Å²) in [5.74, 6) is 0. The summed E-state index contributed by atoms with van der Waals surface area (Å²) in [6, 6.07) is 7.99. The van der Waals surface area contributed by atoms with Gasteiger partial charge in [0, 0.05) is 11.1 Å². The van der Waals surface area contributed by atoms with E-state index in [9.17, 15) is 0 Å². The summed E-state index contributed by atoms with van der Waals surface area (Å²) < 4.78 is 0. The maximum Gasteiger partial charge on any atom is 0.101 e. The third kappa shape index (κ3) is 2.56. The number of rotatable bonds is 2. The zero-order valence-electron chi connectivity index (χ0n) is 10.3. The Morgan fingerprint density at radius 2 is 2.24 bits per heavy atom. The minimum absolute atomic E-state index is 0.287. The van der Waals surface area contributed by atoms with E-state index in [0.29, 0.717) is 16.6 Å². The van der Waals surface area contributed by atoms with Crippen molar-refractivity contribution in [2.75, 3.05) is 5.32 Å². The van der Waals surface area contributed by atoms with Crippen molar-refractivity contribution in [2.45, 2.75) is 39.2 Å². The fraction of sp³-hybridized carbons (Fsp3) is 0.500. The second-order valence-electron chi connectivity index (χ2n) is 5.38. The van der Waals surface area contributed by atoms with Gasteiger partial charge < -0.3 is 5.32 Å². The van der Waals surface area contributed by atoms with Crippen LogP contribution in [0.1, 0.15) is 38.7 Å². The second kappa shape index (κ2) is 4.58. The van der Waals surface area contributed by atoms with Gasteiger partial charge in [-0.1, -0.05) is 31.9 Å². The Morgan fingerprint density at radius 1 is 1.47 bits per heavy atom. The fourth-order valence-electron chi connectivity index (χ4n) is 2.52. The van der Waals surface area contributed by atoms with Crippen molar-refractivity contribution in [1.29, 1.82) is 5.26 Å². The van der Waals surface area contributed by atoms with E-state index < -0.39 is 0 Å². The van der Waals surface area contributed by atoms with Gasteiger partial charge in [-0.15, -0.1) is 0 Å². The Morgan fingerprint density at radius 3 is 2.82 bits per heavy atom. The van der Waals surface area contributed by atoms with Crippen LogP contribution in [0.3, 0.4) is 0 Å². The summed E-state index contributed by atoms with van der Waals surface area (Å²) in [6.07, 6.45) is 3.63. The predicted octanol–water partition coefficient (Wildman–Crippen LogP) is 4.20. The van der Waals surface area contributed by atoms with Gasteiger partial charge in [-0.05, 0) is 36.5 Å². The summed E-state index contributed by atoms with van der Waals surface area (Å²) >= 11 is 5.98. The molecule has 1 aromatic rings. The fourth-order valence-corrected chi connectivity index (χ4v) is 2.69. The Balaban J connectivity index is 2.24. The molecule has 1 atom stereocenters. The van der Waals surface area contributed by atoms with Crippen molar-refractivity contribution in [3.63, 3.8) is 0 Å². The van der Waals surface area contributed by atoms with Crippen molar-refractivity contribution in [3.05, 3.63) is 28.8 Å². The molecule has 17 heavy (non-hydrogen) atoms. The molecule has 90 valence electrons. The van der Waals surface area contributed by atoms with Crippen molar-refractivity contribution in [1.82, 2.24) is 0 Å². The summed E-state index contributed by atoms with van der Waals surface area (Å²) in [5, 5.41) is 13.2. The van der Waals surface area contributed by atoms with Crippen molar-refractivity contribution in [2.24, 2.45) is 5.41 Å². The van der Waals surface area contributed by atoms with Gasteiger partial charge in [-0.2, -0.15) is 5.26 Å². The SMILES string of the molecule is CC1(C)CCCC1Nc1cc(Cl)ccc1C#N. The number of nitrogens with zero attached hydrogens (tertiary/aromatic N) is 1. The Hall–Kier alpha value is -1.20. The van der Waals surface area contributed by atoms with E-state index in [1.165, 1.54) is 12.8 Å². The number of benzene rings is 1. The molecule has 0 spiro atoms. The first-order valence-corrected chi connectivity index (χ1v) is 6.37. The first-order chi connectivity index (χ1) is 8.03. The Bertz CT molecular complexity index is 460. The summed E-state index contributed by atoms with van der Waals surface area (Å²) in [5.41, 5.74) is 1.81. The average molecular weight is 249 g/mol. The van der Waals surface area contributed by atoms with Gasteiger partial charge in [0.2, 0.25) is 0 Å². The molecule has 0 aromatic heterocycles. The molecule has 0 bridgehead atoms. The molecule has 0 radical (unpaired) electrons. The van der Waals surface area contributed by atoms with Crippen LogP contribution in [-0.2, 0) is 0 Å². The number of anilines is 1. The minimum Gasteiger partial charge on any atom is -0.381 e. The molecule has 1 N–H and O–H groups in total. The van der Waals surface area contributed by atoms with Crippen LogP contribution in [0.2, 0.25) is 5.02 Å². The van der Waals surface area contributed by atoms with E-state index in [4.69, 9.17) is 16.9 Å². The highest BCUT2D eigenvalue weighted by Crippen LogP contribution is 2.39. The van der Waals surface area contributed by atoms with Crippen LogP contribution in [0.25, 0.3) is 0 Å². The van der Waals surface area contributed by atoms with E-state index >= 15 is 0 Å². The largest absolute Gasteiger partial charge is 0.381 e. The van der Waals surface area contributed by atoms with E-state index in [2.05, 4.69) is 25.2 Å². The van der Waals surface area contributed by atoms with Gasteiger partial charge in [-0.25, -0.2) is 0 Å². The maximum atomic E-state index is 9.08. The van der Waals surface area contributed by atoms with Gasteiger partial charge in [0.05, 0.1) is 11.3 Å². The maximum absolute atomic E-state index is 9.08. The van der Waals surface area contributed by atoms with E-state index in [1.54, 1.807) is 12.1 Å². The lowest BCUT2D eigenvalue weighted by atomic mass is 9.87. The van der Waals surface area contributed by atoms with Crippen LogP contribution < -0.4 is 5.32 Å². The summed E-state index contributed by atoms with van der Waals surface area (Å²) in [6.45, 7) is 4.54. The van der Waals surface area contributed by atoms with Crippen molar-refractivity contribution < 1.29 is 0 Å². The lowest BCUT2D eigenvalue weighted by Crippen LogP contribution is -2.31. The van der Waals surface area contributed by atoms with Gasteiger partial charge in [0.1, 0.15) is 6.07 Å². The average Bonchev–Trinajstić information content (AvgIpc) is 2.59. The standard InChI is InChI=1S/C14H17ClN2/c1-14(2)7-3-4-13(14)17-12-8-11(15)6-5-10(12)9-16/h5-6,8,13,17H,3-4,7H2,1-2H3. The number of halogens is 1. The number of hydrogen-bond donors (Lipinski definition) is 1. The molecule has 1 fully saturated rings. The van der Waals surface area contributed by atoms with Crippen LogP contribution in [0, 0.1) is 16.7 Å². The Labute approximate surface area is 108 Å². The summed E-state index contributed by atoms with van der Waals surface area (Å²) in [4.78, 5) is 0. The quantitative estimate of drug-likeness (QED) is 0.851. The van der Waals surface area contributed by atoms with Gasteiger partial charge in [0.25, 0.3) is 0 Å². The van der Waals surface area contributed by atoms with Crippen molar-refractivity contribution in [3.8, 4) is 6.07 Å². The van der Waals surface area contributed by atoms with Crippen LogP contribution in [0.15, 0.2) is 18.2 Å². The third-order valence-electron chi connectivity index (χ3n) is 3.69. The zero-order valence-corrected chi connectivity index (χ0v) is 11.0. The second-order valence-corrected chi connectivity index (χ2v) is 5.82. The molecule has 0 amide bonds. The Kier molecular flexibility index (Phi) is 3.31. The van der Waals surface area contributed by atoms with Crippen LogP contribution in [0.4, 0.5) is 5.69 Å². The highest BCUT2D eigenvalue weighted by Gasteiger charge is 2.34. The highest BCUT2D eigenvalue weighted by molar-refractivity contribution is 6.30. The zero-order chi connectivity index (χ0) is 12.5. The molecule has 1 aliphatic rings. The van der Waals surface area contributed by atoms with Gasteiger partial charge in [-0.3, -0.25) is 0 Å². The first kappa shape index (κ1) is 12.3. The molecular weight excluding hydrogens is 232 g/mol. The van der Waals surface area contributed by atoms with E-state index in [1.807, 2.05) is 6.07 Å². The molecule has 0 aliphatic heterocycles. The molecule has 2 rings (SSSR count). The molecule has 2 nitrogen and oxygen atoms in total. The van der Waals surface area contributed by atoms with Crippen LogP contribution in [0.5, 0.6) is 0 Å². The van der Waals surface area contributed by atoms with Crippen LogP contribution in [-0.4, -0.2) is 6.04 Å². The van der Waals surface area contributed by atoms with E-state index in [0.717, 1.165) is 12.1 Å². The lowest BCUT2D eigenvalue weighted by Gasteiger charge is -2.29.